The summed E-state index contributed by atoms with van der Waals surface area (Å²) in [4.78, 5) is 8.82. The van der Waals surface area contributed by atoms with Crippen LogP contribution in [0.4, 0.5) is 0 Å². The second kappa shape index (κ2) is 3.79. The molecule has 0 spiro atoms. The summed E-state index contributed by atoms with van der Waals surface area (Å²) >= 11 is 0. The predicted molar refractivity (Wildman–Crippen MR) is 60.3 cm³/mol. The van der Waals surface area contributed by atoms with E-state index in [2.05, 4.69) is 30.7 Å². The highest BCUT2D eigenvalue weighted by molar-refractivity contribution is 5.19. The van der Waals surface area contributed by atoms with Gasteiger partial charge in [-0.2, -0.15) is 0 Å². The molecular formula is C12H18N2O2. The first-order valence-electron chi connectivity index (χ1n) is 5.51. The quantitative estimate of drug-likeness (QED) is 0.812. The van der Waals surface area contributed by atoms with Crippen molar-refractivity contribution < 1.29 is 9.84 Å². The highest BCUT2D eigenvalue weighted by Gasteiger charge is 2.43. The lowest BCUT2D eigenvalue weighted by Gasteiger charge is -2.38. The molecule has 1 aromatic rings. The Morgan fingerprint density at radius 2 is 2.12 bits per heavy atom. The van der Waals surface area contributed by atoms with Crippen LogP contribution in [0.1, 0.15) is 32.3 Å². The molecule has 1 aliphatic heterocycles. The van der Waals surface area contributed by atoms with E-state index in [1.54, 1.807) is 6.20 Å². The maximum absolute atomic E-state index is 9.42. The van der Waals surface area contributed by atoms with E-state index in [0.29, 0.717) is 19.0 Å². The highest BCUT2D eigenvalue weighted by Crippen LogP contribution is 2.30. The number of nitrogens with zero attached hydrogens (tertiary/aromatic N) is 2. The lowest BCUT2D eigenvalue weighted by Crippen LogP contribution is -2.51. The third-order valence-electron chi connectivity index (χ3n) is 2.96. The van der Waals surface area contributed by atoms with Gasteiger partial charge in [0.2, 0.25) is 0 Å². The van der Waals surface area contributed by atoms with Crippen molar-refractivity contribution in [1.29, 1.82) is 0 Å². The van der Waals surface area contributed by atoms with Crippen molar-refractivity contribution in [2.75, 3.05) is 19.8 Å². The van der Waals surface area contributed by atoms with E-state index in [9.17, 15) is 5.11 Å². The van der Waals surface area contributed by atoms with Crippen molar-refractivity contribution in [3.05, 3.63) is 23.8 Å². The van der Waals surface area contributed by atoms with Gasteiger partial charge in [-0.05, 0) is 6.07 Å². The topological polar surface area (TPSA) is 55.2 Å². The van der Waals surface area contributed by atoms with Gasteiger partial charge < -0.3 is 9.84 Å². The molecule has 16 heavy (non-hydrogen) atoms. The minimum atomic E-state index is -0.374. The van der Waals surface area contributed by atoms with Gasteiger partial charge in [0, 0.05) is 17.3 Å². The van der Waals surface area contributed by atoms with E-state index in [4.69, 9.17) is 4.74 Å². The number of ether oxygens (including phenoxy) is 1. The lowest BCUT2D eigenvalue weighted by atomic mass is 9.85. The van der Waals surface area contributed by atoms with Crippen LogP contribution in [0.5, 0.6) is 0 Å². The van der Waals surface area contributed by atoms with E-state index in [0.717, 1.165) is 5.69 Å². The standard InChI is InChI=1S/C12H18N2O2/c1-11(2,3)9-4-5-13-10(14-9)12(6-15)7-16-8-12/h4-5,15H,6-8H2,1-3H3. The minimum Gasteiger partial charge on any atom is -0.395 e. The lowest BCUT2D eigenvalue weighted by molar-refractivity contribution is -0.0885. The number of aromatic nitrogens is 2. The van der Waals surface area contributed by atoms with Crippen LogP contribution < -0.4 is 0 Å². The Labute approximate surface area is 95.7 Å². The Kier molecular flexibility index (Phi) is 2.72. The van der Waals surface area contributed by atoms with Crippen LogP contribution in [0.2, 0.25) is 0 Å². The van der Waals surface area contributed by atoms with Crippen LogP contribution in [-0.4, -0.2) is 34.9 Å². The number of hydrogen-bond donors (Lipinski definition) is 1. The second-order valence-electron chi connectivity index (χ2n) is 5.45. The van der Waals surface area contributed by atoms with E-state index in [-0.39, 0.29) is 17.4 Å². The summed E-state index contributed by atoms with van der Waals surface area (Å²) in [5.41, 5.74) is 0.623. The zero-order valence-electron chi connectivity index (χ0n) is 10.0. The third-order valence-corrected chi connectivity index (χ3v) is 2.96. The van der Waals surface area contributed by atoms with Crippen LogP contribution in [0.3, 0.4) is 0 Å². The zero-order valence-corrected chi connectivity index (χ0v) is 10.0. The minimum absolute atomic E-state index is 0.00105. The fourth-order valence-corrected chi connectivity index (χ4v) is 1.67. The van der Waals surface area contributed by atoms with E-state index >= 15 is 0 Å². The number of aliphatic hydroxyl groups excluding tert-OH is 1. The van der Waals surface area contributed by atoms with Gasteiger partial charge in [0.05, 0.1) is 25.2 Å². The summed E-state index contributed by atoms with van der Waals surface area (Å²) < 4.78 is 5.17. The van der Waals surface area contributed by atoms with Crippen molar-refractivity contribution in [2.24, 2.45) is 0 Å². The molecule has 0 bridgehead atoms. The molecule has 1 aliphatic rings. The maximum atomic E-state index is 9.42. The Morgan fingerprint density at radius 3 is 2.56 bits per heavy atom. The predicted octanol–water partition coefficient (Wildman–Crippen LogP) is 1.03. The maximum Gasteiger partial charge on any atom is 0.141 e. The molecule has 2 rings (SSSR count). The molecule has 0 radical (unpaired) electrons. The first-order chi connectivity index (χ1) is 7.48. The molecule has 0 atom stereocenters. The van der Waals surface area contributed by atoms with Crippen molar-refractivity contribution in [3.63, 3.8) is 0 Å². The SMILES string of the molecule is CC(C)(C)c1ccnc(C2(CO)COC2)n1. The molecule has 0 saturated carbocycles. The monoisotopic (exact) mass is 222 g/mol. The Bertz CT molecular complexity index is 375. The van der Waals surface area contributed by atoms with Crippen LogP contribution in [-0.2, 0) is 15.6 Å². The van der Waals surface area contributed by atoms with Gasteiger partial charge in [0.15, 0.2) is 0 Å². The molecule has 2 heterocycles. The van der Waals surface area contributed by atoms with Crippen LogP contribution in [0, 0.1) is 0 Å². The van der Waals surface area contributed by atoms with E-state index in [1.165, 1.54) is 0 Å². The summed E-state index contributed by atoms with van der Waals surface area (Å²) in [6.07, 6.45) is 1.76. The first-order valence-corrected chi connectivity index (χ1v) is 5.51. The third kappa shape index (κ3) is 1.83. The van der Waals surface area contributed by atoms with Crippen molar-refractivity contribution >= 4 is 0 Å². The van der Waals surface area contributed by atoms with Crippen LogP contribution in [0.15, 0.2) is 12.3 Å². The molecule has 1 fully saturated rings. The largest absolute Gasteiger partial charge is 0.395 e. The average molecular weight is 222 g/mol. The van der Waals surface area contributed by atoms with Gasteiger partial charge in [-0.1, -0.05) is 20.8 Å². The molecule has 0 amide bonds. The van der Waals surface area contributed by atoms with Gasteiger partial charge >= 0.3 is 0 Å². The van der Waals surface area contributed by atoms with Gasteiger partial charge in [-0.15, -0.1) is 0 Å². The molecule has 0 aliphatic carbocycles. The van der Waals surface area contributed by atoms with Crippen molar-refractivity contribution in [2.45, 2.75) is 31.6 Å². The van der Waals surface area contributed by atoms with Crippen molar-refractivity contribution in [1.82, 2.24) is 9.97 Å². The van der Waals surface area contributed by atoms with Crippen molar-refractivity contribution in [3.8, 4) is 0 Å². The van der Waals surface area contributed by atoms with Gasteiger partial charge in [-0.25, -0.2) is 9.97 Å². The molecule has 88 valence electrons. The smallest absolute Gasteiger partial charge is 0.141 e. The van der Waals surface area contributed by atoms with Gasteiger partial charge in [-0.3, -0.25) is 0 Å². The summed E-state index contributed by atoms with van der Waals surface area (Å²) in [6.45, 7) is 7.40. The van der Waals surface area contributed by atoms with E-state index < -0.39 is 0 Å². The normalized spacial score (nSPS) is 19.2. The molecule has 4 heteroatoms. The number of hydrogen-bond acceptors (Lipinski definition) is 4. The van der Waals surface area contributed by atoms with Crippen LogP contribution in [0.25, 0.3) is 0 Å². The molecular weight excluding hydrogens is 204 g/mol. The van der Waals surface area contributed by atoms with E-state index in [1.807, 2.05) is 6.07 Å². The Hall–Kier alpha value is -1.00. The fourth-order valence-electron chi connectivity index (χ4n) is 1.67. The second-order valence-corrected chi connectivity index (χ2v) is 5.45. The molecule has 1 saturated heterocycles. The first kappa shape index (κ1) is 11.5. The number of aliphatic hydroxyl groups is 1. The summed E-state index contributed by atoms with van der Waals surface area (Å²) in [5.74, 6) is 0.702. The highest BCUT2D eigenvalue weighted by atomic mass is 16.5. The zero-order chi connectivity index (χ0) is 11.8. The summed E-state index contributed by atoms with van der Waals surface area (Å²) in [7, 11) is 0. The molecule has 0 aromatic carbocycles. The van der Waals surface area contributed by atoms with Gasteiger partial charge in [0.1, 0.15) is 5.82 Å². The molecule has 1 aromatic heterocycles. The molecule has 1 N–H and O–H groups in total. The molecule has 0 unspecified atom stereocenters. The molecule has 4 nitrogen and oxygen atoms in total. The Balaban J connectivity index is 2.36. The summed E-state index contributed by atoms with van der Waals surface area (Å²) in [6, 6.07) is 1.92. The van der Waals surface area contributed by atoms with Crippen LogP contribution >= 0.6 is 0 Å². The summed E-state index contributed by atoms with van der Waals surface area (Å²) in [5, 5.41) is 9.42. The Morgan fingerprint density at radius 1 is 1.44 bits per heavy atom. The fraction of sp³-hybridized carbons (Fsp3) is 0.667. The van der Waals surface area contributed by atoms with Gasteiger partial charge in [0.25, 0.3) is 0 Å². The average Bonchev–Trinajstić information content (AvgIpc) is 2.16. The number of rotatable bonds is 2.